The van der Waals surface area contributed by atoms with Gasteiger partial charge < -0.3 is 5.73 Å². The molecule has 1 aromatic rings. The summed E-state index contributed by atoms with van der Waals surface area (Å²) in [7, 11) is -3.64. The number of nitrogens with zero attached hydrogens (tertiary/aromatic N) is 1. The SMILES string of the molecule is CCN(CCC(N)=S)S(=O)(=O)c1cc(Cl)cc(Cl)c1. The van der Waals surface area contributed by atoms with E-state index >= 15 is 0 Å². The smallest absolute Gasteiger partial charge is 0.243 e. The summed E-state index contributed by atoms with van der Waals surface area (Å²) in [6.45, 7) is 2.29. The molecular weight excluding hydrogens is 327 g/mol. The Morgan fingerprint density at radius 2 is 1.84 bits per heavy atom. The minimum Gasteiger partial charge on any atom is -0.393 e. The Labute approximate surface area is 128 Å². The van der Waals surface area contributed by atoms with E-state index in [1.165, 1.54) is 22.5 Å². The molecule has 0 atom stereocenters. The van der Waals surface area contributed by atoms with E-state index in [9.17, 15) is 8.42 Å². The van der Waals surface area contributed by atoms with Gasteiger partial charge in [-0.15, -0.1) is 0 Å². The molecule has 0 heterocycles. The fourth-order valence-electron chi connectivity index (χ4n) is 1.51. The Kier molecular flexibility index (Phi) is 6.01. The van der Waals surface area contributed by atoms with Gasteiger partial charge in [0.05, 0.1) is 9.88 Å². The molecule has 1 aromatic carbocycles. The number of nitrogens with two attached hydrogens (primary N) is 1. The van der Waals surface area contributed by atoms with E-state index in [2.05, 4.69) is 0 Å². The molecule has 106 valence electrons. The lowest BCUT2D eigenvalue weighted by molar-refractivity contribution is 0.437. The molecule has 2 N–H and O–H groups in total. The molecule has 19 heavy (non-hydrogen) atoms. The van der Waals surface area contributed by atoms with Gasteiger partial charge in [0.2, 0.25) is 10.0 Å². The monoisotopic (exact) mass is 340 g/mol. The highest BCUT2D eigenvalue weighted by Crippen LogP contribution is 2.24. The van der Waals surface area contributed by atoms with Gasteiger partial charge in [0, 0.05) is 29.6 Å². The van der Waals surface area contributed by atoms with Gasteiger partial charge >= 0.3 is 0 Å². The Hall–Kier alpha value is -0.400. The molecule has 0 radical (unpaired) electrons. The van der Waals surface area contributed by atoms with Crippen molar-refractivity contribution in [3.8, 4) is 0 Å². The summed E-state index contributed by atoms with van der Waals surface area (Å²) in [5, 5.41) is 0.549. The molecule has 0 unspecified atom stereocenters. The minimum atomic E-state index is -3.64. The van der Waals surface area contributed by atoms with Gasteiger partial charge in [-0.2, -0.15) is 4.31 Å². The zero-order valence-electron chi connectivity index (χ0n) is 10.3. The summed E-state index contributed by atoms with van der Waals surface area (Å²) in [5.74, 6) is 0. The van der Waals surface area contributed by atoms with Crippen LogP contribution < -0.4 is 5.73 Å². The molecule has 1 rings (SSSR count). The number of benzene rings is 1. The van der Waals surface area contributed by atoms with Crippen LogP contribution in [0.4, 0.5) is 0 Å². The van der Waals surface area contributed by atoms with Gasteiger partial charge in [0.25, 0.3) is 0 Å². The molecule has 0 spiro atoms. The van der Waals surface area contributed by atoms with E-state index in [0.717, 1.165) is 0 Å². The van der Waals surface area contributed by atoms with Crippen molar-refractivity contribution in [3.05, 3.63) is 28.2 Å². The summed E-state index contributed by atoms with van der Waals surface area (Å²) < 4.78 is 26.1. The lowest BCUT2D eigenvalue weighted by Crippen LogP contribution is -2.33. The summed E-state index contributed by atoms with van der Waals surface area (Å²) in [6.07, 6.45) is 0.330. The van der Waals surface area contributed by atoms with Crippen LogP contribution in [-0.4, -0.2) is 30.8 Å². The Morgan fingerprint density at radius 3 is 2.26 bits per heavy atom. The van der Waals surface area contributed by atoms with Crippen molar-refractivity contribution in [1.29, 1.82) is 0 Å². The van der Waals surface area contributed by atoms with Crippen LogP contribution in [0.25, 0.3) is 0 Å². The first-order chi connectivity index (χ1) is 8.77. The largest absolute Gasteiger partial charge is 0.393 e. The first kappa shape index (κ1) is 16.7. The van der Waals surface area contributed by atoms with Crippen molar-refractivity contribution in [2.45, 2.75) is 18.2 Å². The third kappa shape index (κ3) is 4.57. The second kappa shape index (κ2) is 6.85. The minimum absolute atomic E-state index is 0.0646. The fraction of sp³-hybridized carbons (Fsp3) is 0.364. The normalized spacial score (nSPS) is 11.8. The first-order valence-corrected chi connectivity index (χ1v) is 8.12. The molecule has 0 aliphatic carbocycles. The van der Waals surface area contributed by atoms with E-state index in [4.69, 9.17) is 41.2 Å². The number of hydrogen-bond acceptors (Lipinski definition) is 3. The average molecular weight is 341 g/mol. The van der Waals surface area contributed by atoms with E-state index in [1.807, 2.05) is 0 Å². The maximum absolute atomic E-state index is 12.4. The van der Waals surface area contributed by atoms with E-state index < -0.39 is 10.0 Å². The molecule has 4 nitrogen and oxygen atoms in total. The number of rotatable bonds is 6. The Balaban J connectivity index is 3.09. The van der Waals surface area contributed by atoms with Crippen LogP contribution in [0.3, 0.4) is 0 Å². The zero-order chi connectivity index (χ0) is 14.6. The molecule has 0 saturated heterocycles. The van der Waals surface area contributed by atoms with Crippen LogP contribution in [0.5, 0.6) is 0 Å². The van der Waals surface area contributed by atoms with Gasteiger partial charge in [-0.3, -0.25) is 0 Å². The molecule has 0 bridgehead atoms. The van der Waals surface area contributed by atoms with Crippen molar-refractivity contribution in [2.75, 3.05) is 13.1 Å². The summed E-state index contributed by atoms with van der Waals surface area (Å²) >= 11 is 16.4. The van der Waals surface area contributed by atoms with Crippen LogP contribution in [-0.2, 0) is 10.0 Å². The Morgan fingerprint density at radius 1 is 1.32 bits per heavy atom. The maximum atomic E-state index is 12.4. The third-order valence-corrected chi connectivity index (χ3v) is 5.03. The van der Waals surface area contributed by atoms with Crippen molar-refractivity contribution in [1.82, 2.24) is 4.31 Å². The van der Waals surface area contributed by atoms with Crippen molar-refractivity contribution < 1.29 is 8.42 Å². The number of hydrogen-bond donors (Lipinski definition) is 1. The predicted molar refractivity (Wildman–Crippen MR) is 82.3 cm³/mol. The molecule has 0 aliphatic heterocycles. The van der Waals surface area contributed by atoms with Gasteiger partial charge in [-0.25, -0.2) is 8.42 Å². The van der Waals surface area contributed by atoms with Crippen LogP contribution >= 0.6 is 35.4 Å². The van der Waals surface area contributed by atoms with Crippen LogP contribution in [0.1, 0.15) is 13.3 Å². The van der Waals surface area contributed by atoms with Gasteiger partial charge in [-0.05, 0) is 18.2 Å². The summed E-state index contributed by atoms with van der Waals surface area (Å²) in [4.78, 5) is 0.340. The predicted octanol–water partition coefficient (Wildman–Crippen LogP) is 2.68. The van der Waals surface area contributed by atoms with E-state index in [-0.39, 0.29) is 26.5 Å². The standard InChI is InChI=1S/C11H14Cl2N2O2S2/c1-2-15(4-3-11(14)18)19(16,17)10-6-8(12)5-9(13)7-10/h5-7H,2-4H2,1H3,(H2,14,18). The van der Waals surface area contributed by atoms with Crippen molar-refractivity contribution in [2.24, 2.45) is 5.73 Å². The quantitative estimate of drug-likeness (QED) is 0.808. The summed E-state index contributed by atoms with van der Waals surface area (Å²) in [6, 6.07) is 4.21. The number of halogens is 2. The average Bonchev–Trinajstić information content (AvgIpc) is 2.27. The highest BCUT2D eigenvalue weighted by atomic mass is 35.5. The molecule has 0 aromatic heterocycles. The van der Waals surface area contributed by atoms with Gasteiger partial charge in [-0.1, -0.05) is 42.3 Å². The zero-order valence-corrected chi connectivity index (χ0v) is 13.4. The lowest BCUT2D eigenvalue weighted by Gasteiger charge is -2.20. The molecule has 0 amide bonds. The fourth-order valence-corrected chi connectivity index (χ4v) is 3.78. The molecule has 0 saturated carbocycles. The first-order valence-electron chi connectivity index (χ1n) is 5.52. The maximum Gasteiger partial charge on any atom is 0.243 e. The number of sulfonamides is 1. The topological polar surface area (TPSA) is 63.4 Å². The summed E-state index contributed by atoms with van der Waals surface area (Å²) in [5.41, 5.74) is 5.39. The van der Waals surface area contributed by atoms with Crippen LogP contribution in [0.2, 0.25) is 10.0 Å². The van der Waals surface area contributed by atoms with Crippen LogP contribution in [0, 0.1) is 0 Å². The Bertz CT molecular complexity index is 556. The second-order valence-electron chi connectivity index (χ2n) is 3.82. The lowest BCUT2D eigenvalue weighted by atomic mass is 10.4. The van der Waals surface area contributed by atoms with E-state index in [0.29, 0.717) is 13.0 Å². The number of thiocarbonyl (C=S) groups is 1. The molecule has 0 aliphatic rings. The highest BCUT2D eigenvalue weighted by Gasteiger charge is 2.23. The second-order valence-corrected chi connectivity index (χ2v) is 7.15. The molecule has 0 fully saturated rings. The third-order valence-electron chi connectivity index (χ3n) is 2.43. The van der Waals surface area contributed by atoms with Crippen molar-refractivity contribution >= 4 is 50.4 Å². The molecular formula is C11H14Cl2N2O2S2. The van der Waals surface area contributed by atoms with Gasteiger partial charge in [0.15, 0.2) is 0 Å². The van der Waals surface area contributed by atoms with Gasteiger partial charge in [0.1, 0.15) is 0 Å². The van der Waals surface area contributed by atoms with E-state index in [1.54, 1.807) is 6.92 Å². The molecule has 8 heteroatoms. The van der Waals surface area contributed by atoms with Crippen molar-refractivity contribution in [3.63, 3.8) is 0 Å². The highest BCUT2D eigenvalue weighted by molar-refractivity contribution is 7.89. The van der Waals surface area contributed by atoms with Crippen LogP contribution in [0.15, 0.2) is 23.1 Å².